The summed E-state index contributed by atoms with van der Waals surface area (Å²) in [7, 11) is 0. The van der Waals surface area contributed by atoms with Gasteiger partial charge < -0.3 is 4.74 Å². The highest BCUT2D eigenvalue weighted by atomic mass is 16.6. The summed E-state index contributed by atoms with van der Waals surface area (Å²) in [4.78, 5) is 22.8. The molecule has 2 aliphatic rings. The lowest BCUT2D eigenvalue weighted by Crippen LogP contribution is -2.37. The Morgan fingerprint density at radius 1 is 1.31 bits per heavy atom. The Labute approximate surface area is 77.4 Å². The van der Waals surface area contributed by atoms with Gasteiger partial charge in [0.1, 0.15) is 11.9 Å². The van der Waals surface area contributed by atoms with E-state index in [9.17, 15) is 9.59 Å². The minimum Gasteiger partial charge on any atom is -0.461 e. The van der Waals surface area contributed by atoms with E-state index in [1.807, 2.05) is 20.8 Å². The SMILES string of the molecule is CC1(C)C(=O)C[C@H]2OC(=O)C[C@]21C. The summed E-state index contributed by atoms with van der Waals surface area (Å²) >= 11 is 0. The van der Waals surface area contributed by atoms with Crippen LogP contribution in [-0.4, -0.2) is 17.9 Å². The monoisotopic (exact) mass is 182 g/mol. The Morgan fingerprint density at radius 2 is 1.92 bits per heavy atom. The lowest BCUT2D eigenvalue weighted by Gasteiger charge is -2.33. The first kappa shape index (κ1) is 8.73. The van der Waals surface area contributed by atoms with Crippen LogP contribution in [0.25, 0.3) is 0 Å². The summed E-state index contributed by atoms with van der Waals surface area (Å²) < 4.78 is 5.13. The number of carbonyl (C=O) groups excluding carboxylic acids is 2. The van der Waals surface area contributed by atoms with Gasteiger partial charge >= 0.3 is 5.97 Å². The van der Waals surface area contributed by atoms with Crippen molar-refractivity contribution in [2.45, 2.75) is 39.7 Å². The topological polar surface area (TPSA) is 43.4 Å². The predicted octanol–water partition coefficient (Wildman–Crippen LogP) is 1.31. The van der Waals surface area contributed by atoms with Gasteiger partial charge in [-0.3, -0.25) is 9.59 Å². The minimum absolute atomic E-state index is 0.159. The molecule has 2 atom stereocenters. The van der Waals surface area contributed by atoms with Gasteiger partial charge in [0.25, 0.3) is 0 Å². The molecule has 13 heavy (non-hydrogen) atoms. The molecule has 0 aromatic heterocycles. The number of fused-ring (bicyclic) bond motifs is 1. The third-order valence-corrected chi connectivity index (χ3v) is 3.99. The van der Waals surface area contributed by atoms with Crippen molar-refractivity contribution in [3.8, 4) is 0 Å². The van der Waals surface area contributed by atoms with Crippen molar-refractivity contribution < 1.29 is 14.3 Å². The van der Waals surface area contributed by atoms with Crippen LogP contribution in [0.5, 0.6) is 0 Å². The molecule has 1 aliphatic heterocycles. The fourth-order valence-electron chi connectivity index (χ4n) is 2.38. The van der Waals surface area contributed by atoms with E-state index < -0.39 is 5.41 Å². The van der Waals surface area contributed by atoms with Crippen LogP contribution in [0, 0.1) is 10.8 Å². The zero-order chi connectivity index (χ0) is 9.85. The molecule has 1 saturated heterocycles. The van der Waals surface area contributed by atoms with Crippen LogP contribution in [0.2, 0.25) is 0 Å². The van der Waals surface area contributed by atoms with Crippen LogP contribution in [0.4, 0.5) is 0 Å². The Morgan fingerprint density at radius 3 is 2.46 bits per heavy atom. The zero-order valence-corrected chi connectivity index (χ0v) is 8.22. The van der Waals surface area contributed by atoms with E-state index >= 15 is 0 Å². The number of Topliss-reactive ketones (excluding diaryl/α,β-unsaturated/α-hetero) is 1. The van der Waals surface area contributed by atoms with Crippen LogP contribution >= 0.6 is 0 Å². The van der Waals surface area contributed by atoms with E-state index in [0.29, 0.717) is 12.8 Å². The van der Waals surface area contributed by atoms with Crippen LogP contribution in [0.3, 0.4) is 0 Å². The van der Waals surface area contributed by atoms with Gasteiger partial charge in [0.05, 0.1) is 6.42 Å². The first-order valence-corrected chi connectivity index (χ1v) is 4.61. The van der Waals surface area contributed by atoms with Gasteiger partial charge in [-0.2, -0.15) is 0 Å². The minimum atomic E-state index is -0.413. The van der Waals surface area contributed by atoms with E-state index in [-0.39, 0.29) is 23.3 Å². The molecule has 0 bridgehead atoms. The molecule has 72 valence electrons. The largest absolute Gasteiger partial charge is 0.461 e. The Balaban J connectivity index is 2.43. The Bertz CT molecular complexity index is 293. The predicted molar refractivity (Wildman–Crippen MR) is 46.0 cm³/mol. The van der Waals surface area contributed by atoms with Gasteiger partial charge in [-0.1, -0.05) is 20.8 Å². The maximum Gasteiger partial charge on any atom is 0.306 e. The lowest BCUT2D eigenvalue weighted by atomic mass is 9.67. The summed E-state index contributed by atoms with van der Waals surface area (Å²) in [5, 5.41) is 0. The Hall–Kier alpha value is -0.860. The van der Waals surface area contributed by atoms with E-state index in [1.165, 1.54) is 0 Å². The zero-order valence-electron chi connectivity index (χ0n) is 8.22. The molecule has 1 saturated carbocycles. The van der Waals surface area contributed by atoms with E-state index in [2.05, 4.69) is 0 Å². The second kappa shape index (κ2) is 2.14. The summed E-state index contributed by atoms with van der Waals surface area (Å²) in [5.74, 6) is 0.0561. The highest BCUT2D eigenvalue weighted by molar-refractivity contribution is 5.91. The van der Waals surface area contributed by atoms with E-state index in [1.54, 1.807) is 0 Å². The summed E-state index contributed by atoms with van der Waals surface area (Å²) in [6, 6.07) is 0. The molecule has 0 spiro atoms. The molecule has 0 N–H and O–H groups in total. The molecule has 1 aliphatic carbocycles. The quantitative estimate of drug-likeness (QED) is 0.530. The molecule has 0 unspecified atom stereocenters. The fraction of sp³-hybridized carbons (Fsp3) is 0.800. The fourth-order valence-corrected chi connectivity index (χ4v) is 2.38. The second-order valence-corrected chi connectivity index (χ2v) is 4.83. The first-order chi connectivity index (χ1) is 5.88. The van der Waals surface area contributed by atoms with Crippen molar-refractivity contribution in [1.29, 1.82) is 0 Å². The van der Waals surface area contributed by atoms with Crippen molar-refractivity contribution in [2.75, 3.05) is 0 Å². The van der Waals surface area contributed by atoms with Crippen LogP contribution in [0.1, 0.15) is 33.6 Å². The molecule has 3 nitrogen and oxygen atoms in total. The van der Waals surface area contributed by atoms with Gasteiger partial charge in [-0.15, -0.1) is 0 Å². The molecule has 0 amide bonds. The van der Waals surface area contributed by atoms with Crippen molar-refractivity contribution >= 4 is 11.8 Å². The Kier molecular flexibility index (Phi) is 1.44. The normalized spacial score (nSPS) is 41.9. The number of rotatable bonds is 0. The molecule has 0 radical (unpaired) electrons. The average Bonchev–Trinajstić information content (AvgIpc) is 2.33. The number of ketones is 1. The second-order valence-electron chi connectivity index (χ2n) is 4.83. The van der Waals surface area contributed by atoms with Crippen LogP contribution < -0.4 is 0 Å². The van der Waals surface area contributed by atoms with Crippen LogP contribution in [-0.2, 0) is 14.3 Å². The number of hydrogen-bond acceptors (Lipinski definition) is 3. The molecule has 3 heteroatoms. The first-order valence-electron chi connectivity index (χ1n) is 4.61. The maximum atomic E-state index is 11.6. The van der Waals surface area contributed by atoms with E-state index in [4.69, 9.17) is 4.74 Å². The molecular formula is C10H14O3. The van der Waals surface area contributed by atoms with Crippen molar-refractivity contribution in [3.05, 3.63) is 0 Å². The van der Waals surface area contributed by atoms with Crippen molar-refractivity contribution in [3.63, 3.8) is 0 Å². The highest BCUT2D eigenvalue weighted by Crippen LogP contribution is 2.56. The molecule has 1 heterocycles. The number of ether oxygens (including phenoxy) is 1. The third-order valence-electron chi connectivity index (χ3n) is 3.99. The smallest absolute Gasteiger partial charge is 0.306 e. The van der Waals surface area contributed by atoms with Gasteiger partial charge in [0, 0.05) is 17.3 Å². The molecular weight excluding hydrogens is 168 g/mol. The van der Waals surface area contributed by atoms with Crippen molar-refractivity contribution in [1.82, 2.24) is 0 Å². The van der Waals surface area contributed by atoms with Gasteiger partial charge in [-0.25, -0.2) is 0 Å². The summed E-state index contributed by atoms with van der Waals surface area (Å²) in [6.45, 7) is 5.81. The third kappa shape index (κ3) is 0.847. The van der Waals surface area contributed by atoms with Gasteiger partial charge in [-0.05, 0) is 0 Å². The highest BCUT2D eigenvalue weighted by Gasteiger charge is 2.63. The van der Waals surface area contributed by atoms with Gasteiger partial charge in [0.15, 0.2) is 0 Å². The average molecular weight is 182 g/mol. The summed E-state index contributed by atoms with van der Waals surface area (Å²) in [5.41, 5.74) is -0.689. The lowest BCUT2D eigenvalue weighted by molar-refractivity contribution is -0.142. The number of esters is 1. The molecule has 2 fully saturated rings. The van der Waals surface area contributed by atoms with Crippen LogP contribution in [0.15, 0.2) is 0 Å². The summed E-state index contributed by atoms with van der Waals surface area (Å²) in [6.07, 6.45) is 0.605. The molecule has 2 rings (SSSR count). The molecule has 0 aromatic carbocycles. The molecule has 0 aromatic rings. The van der Waals surface area contributed by atoms with Gasteiger partial charge in [0.2, 0.25) is 0 Å². The van der Waals surface area contributed by atoms with E-state index in [0.717, 1.165) is 0 Å². The number of hydrogen-bond donors (Lipinski definition) is 0. The van der Waals surface area contributed by atoms with Crippen molar-refractivity contribution in [2.24, 2.45) is 10.8 Å². The maximum absolute atomic E-state index is 11.6. The standard InChI is InChI=1S/C10H14O3/c1-9(2)6(11)4-7-10(9,3)5-8(12)13-7/h7H,4-5H2,1-3H3/t7-,10-/m1/s1. The number of carbonyl (C=O) groups is 2.